The van der Waals surface area contributed by atoms with Gasteiger partial charge in [-0.3, -0.25) is 0 Å². The first kappa shape index (κ1) is 14.9. The number of rotatable bonds is 3. The molecule has 0 heterocycles. The van der Waals surface area contributed by atoms with E-state index in [0.29, 0.717) is 21.2 Å². The molecule has 0 radical (unpaired) electrons. The van der Waals surface area contributed by atoms with Crippen LogP contribution in [0.2, 0.25) is 10.0 Å². The van der Waals surface area contributed by atoms with E-state index in [4.69, 9.17) is 27.9 Å². The highest BCUT2D eigenvalue weighted by Gasteiger charge is 2.10. The van der Waals surface area contributed by atoms with Gasteiger partial charge in [0.25, 0.3) is 0 Å². The predicted octanol–water partition coefficient (Wildman–Crippen LogP) is 3.94. The summed E-state index contributed by atoms with van der Waals surface area (Å²) < 4.78 is 4.70. The van der Waals surface area contributed by atoms with Gasteiger partial charge in [0.05, 0.1) is 19.3 Å². The van der Waals surface area contributed by atoms with E-state index in [1.807, 2.05) is 0 Å². The fourth-order valence-electron chi connectivity index (χ4n) is 1.91. The first-order chi connectivity index (χ1) is 9.53. The van der Waals surface area contributed by atoms with Crippen molar-refractivity contribution in [2.75, 3.05) is 7.11 Å². The fourth-order valence-corrected chi connectivity index (χ4v) is 2.43. The lowest BCUT2D eigenvalue weighted by Crippen LogP contribution is -2.02. The van der Waals surface area contributed by atoms with Gasteiger partial charge in [-0.25, -0.2) is 4.79 Å². The number of hydrogen-bond donors (Lipinski definition) is 1. The minimum atomic E-state index is -0.463. The van der Waals surface area contributed by atoms with Crippen molar-refractivity contribution in [3.05, 3.63) is 57.6 Å². The van der Waals surface area contributed by atoms with Crippen LogP contribution in [-0.4, -0.2) is 18.2 Å². The third-order valence-corrected chi connectivity index (χ3v) is 3.23. The summed E-state index contributed by atoms with van der Waals surface area (Å²) in [6, 6.07) is 10.1. The van der Waals surface area contributed by atoms with Crippen molar-refractivity contribution in [1.82, 2.24) is 0 Å². The van der Waals surface area contributed by atoms with E-state index in [2.05, 4.69) is 0 Å². The van der Waals surface area contributed by atoms with Crippen molar-refractivity contribution in [3.63, 3.8) is 0 Å². The van der Waals surface area contributed by atoms with Crippen molar-refractivity contribution in [2.24, 2.45) is 0 Å². The molecule has 2 aromatic rings. The van der Waals surface area contributed by atoms with Crippen LogP contribution in [0.3, 0.4) is 0 Å². The third-order valence-electron chi connectivity index (χ3n) is 2.79. The topological polar surface area (TPSA) is 46.5 Å². The second kappa shape index (κ2) is 6.27. The molecule has 0 atom stereocenters. The van der Waals surface area contributed by atoms with Crippen molar-refractivity contribution < 1.29 is 14.6 Å². The predicted molar refractivity (Wildman–Crippen MR) is 79.2 cm³/mol. The number of carbonyl (C=O) groups is 1. The molecule has 2 rings (SSSR count). The van der Waals surface area contributed by atoms with Gasteiger partial charge < -0.3 is 9.84 Å². The number of aliphatic hydroxyl groups excluding tert-OH is 1. The molecule has 20 heavy (non-hydrogen) atoms. The van der Waals surface area contributed by atoms with Crippen LogP contribution in [0.4, 0.5) is 0 Å². The van der Waals surface area contributed by atoms with Crippen LogP contribution >= 0.6 is 23.2 Å². The Morgan fingerprint density at radius 1 is 1.05 bits per heavy atom. The standard InChI is InChI=1S/C15H12Cl2O3/c1-20-15(19)12-3-9(8-18)2-10(4-12)11-5-13(16)7-14(17)6-11/h2-7,18H,8H2,1H3. The van der Waals surface area contributed by atoms with Gasteiger partial charge in [-0.05, 0) is 53.1 Å². The Kier molecular flexibility index (Phi) is 4.65. The monoisotopic (exact) mass is 310 g/mol. The number of benzene rings is 2. The van der Waals surface area contributed by atoms with Gasteiger partial charge in [0, 0.05) is 10.0 Å². The highest BCUT2D eigenvalue weighted by atomic mass is 35.5. The zero-order valence-corrected chi connectivity index (χ0v) is 12.2. The molecule has 0 bridgehead atoms. The maximum Gasteiger partial charge on any atom is 0.337 e. The van der Waals surface area contributed by atoms with E-state index in [1.54, 1.807) is 36.4 Å². The summed E-state index contributed by atoms with van der Waals surface area (Å²) in [6.07, 6.45) is 0. The Hall–Kier alpha value is -1.55. The molecule has 104 valence electrons. The summed E-state index contributed by atoms with van der Waals surface area (Å²) in [6.45, 7) is -0.174. The summed E-state index contributed by atoms with van der Waals surface area (Å²) in [5.74, 6) is -0.463. The van der Waals surface area contributed by atoms with Crippen LogP contribution in [0.1, 0.15) is 15.9 Å². The first-order valence-corrected chi connectivity index (χ1v) is 6.58. The second-order valence-corrected chi connectivity index (χ2v) is 5.10. The number of halogens is 2. The number of esters is 1. The zero-order chi connectivity index (χ0) is 14.7. The van der Waals surface area contributed by atoms with Crippen LogP contribution in [0.15, 0.2) is 36.4 Å². The van der Waals surface area contributed by atoms with E-state index < -0.39 is 5.97 Å². The number of methoxy groups -OCH3 is 1. The van der Waals surface area contributed by atoms with Crippen molar-refractivity contribution in [2.45, 2.75) is 6.61 Å². The van der Waals surface area contributed by atoms with Crippen molar-refractivity contribution in [1.29, 1.82) is 0 Å². The van der Waals surface area contributed by atoms with Gasteiger partial charge in [0.2, 0.25) is 0 Å². The first-order valence-electron chi connectivity index (χ1n) is 5.83. The molecular weight excluding hydrogens is 299 g/mol. The second-order valence-electron chi connectivity index (χ2n) is 4.23. The molecule has 0 unspecified atom stereocenters. The maximum atomic E-state index is 11.6. The Bertz CT molecular complexity index is 633. The van der Waals surface area contributed by atoms with Crippen molar-refractivity contribution in [3.8, 4) is 11.1 Å². The van der Waals surface area contributed by atoms with Gasteiger partial charge in [0.1, 0.15) is 0 Å². The minimum absolute atomic E-state index is 0.174. The van der Waals surface area contributed by atoms with Gasteiger partial charge in [0.15, 0.2) is 0 Å². The highest BCUT2D eigenvalue weighted by Crippen LogP contribution is 2.29. The average Bonchev–Trinajstić information content (AvgIpc) is 2.44. The zero-order valence-electron chi connectivity index (χ0n) is 10.7. The molecule has 0 aromatic heterocycles. The van der Waals surface area contributed by atoms with Crippen LogP contribution in [0.25, 0.3) is 11.1 Å². The Labute approximate surface area is 126 Å². The van der Waals surface area contributed by atoms with Crippen LogP contribution < -0.4 is 0 Å². The summed E-state index contributed by atoms with van der Waals surface area (Å²) in [5.41, 5.74) is 2.48. The van der Waals surface area contributed by atoms with E-state index in [0.717, 1.165) is 11.1 Å². The largest absolute Gasteiger partial charge is 0.465 e. The normalized spacial score (nSPS) is 10.4. The Morgan fingerprint density at radius 2 is 1.65 bits per heavy atom. The Balaban J connectivity index is 2.57. The lowest BCUT2D eigenvalue weighted by molar-refractivity contribution is 0.0600. The van der Waals surface area contributed by atoms with E-state index in [1.165, 1.54) is 7.11 Å². The molecular formula is C15H12Cl2O3. The summed E-state index contributed by atoms with van der Waals surface area (Å²) in [7, 11) is 1.31. The SMILES string of the molecule is COC(=O)c1cc(CO)cc(-c2cc(Cl)cc(Cl)c2)c1. The summed E-state index contributed by atoms with van der Waals surface area (Å²) >= 11 is 12.0. The molecule has 0 spiro atoms. The van der Waals surface area contributed by atoms with Crippen LogP contribution in [0.5, 0.6) is 0 Å². The molecule has 5 heteroatoms. The number of hydrogen-bond acceptors (Lipinski definition) is 3. The number of carbonyl (C=O) groups excluding carboxylic acids is 1. The average molecular weight is 311 g/mol. The van der Waals surface area contributed by atoms with Crippen molar-refractivity contribution >= 4 is 29.2 Å². The summed E-state index contributed by atoms with van der Waals surface area (Å²) in [4.78, 5) is 11.6. The Morgan fingerprint density at radius 3 is 2.20 bits per heavy atom. The quantitative estimate of drug-likeness (QED) is 0.873. The lowest BCUT2D eigenvalue weighted by atomic mass is 10.00. The van der Waals surface area contributed by atoms with Crippen LogP contribution in [-0.2, 0) is 11.3 Å². The molecule has 0 saturated heterocycles. The molecule has 3 nitrogen and oxygen atoms in total. The van der Waals surface area contributed by atoms with Gasteiger partial charge in [-0.2, -0.15) is 0 Å². The third kappa shape index (κ3) is 3.31. The smallest absolute Gasteiger partial charge is 0.337 e. The molecule has 0 aliphatic heterocycles. The number of aliphatic hydroxyl groups is 1. The molecule has 1 N–H and O–H groups in total. The van der Waals surface area contributed by atoms with E-state index in [9.17, 15) is 9.90 Å². The fraction of sp³-hybridized carbons (Fsp3) is 0.133. The van der Waals surface area contributed by atoms with Gasteiger partial charge in [-0.15, -0.1) is 0 Å². The molecule has 0 aliphatic rings. The molecule has 0 fully saturated rings. The number of ether oxygens (including phenoxy) is 1. The molecule has 0 saturated carbocycles. The lowest BCUT2D eigenvalue weighted by Gasteiger charge is -2.09. The molecule has 0 amide bonds. The molecule has 2 aromatic carbocycles. The van der Waals surface area contributed by atoms with E-state index >= 15 is 0 Å². The summed E-state index contributed by atoms with van der Waals surface area (Å²) in [5, 5.41) is 10.3. The minimum Gasteiger partial charge on any atom is -0.465 e. The van der Waals surface area contributed by atoms with Gasteiger partial charge in [-0.1, -0.05) is 23.2 Å². The van der Waals surface area contributed by atoms with Gasteiger partial charge >= 0.3 is 5.97 Å². The highest BCUT2D eigenvalue weighted by molar-refractivity contribution is 6.35. The van der Waals surface area contributed by atoms with E-state index in [-0.39, 0.29) is 6.61 Å². The molecule has 0 aliphatic carbocycles. The maximum absolute atomic E-state index is 11.6. The van der Waals surface area contributed by atoms with Crippen LogP contribution in [0, 0.1) is 0 Å².